The summed E-state index contributed by atoms with van der Waals surface area (Å²) in [6.07, 6.45) is 17.7. The molecule has 0 fully saturated rings. The van der Waals surface area contributed by atoms with Crippen molar-refractivity contribution in [3.05, 3.63) is 12.7 Å². The first-order chi connectivity index (χ1) is 9.75. The second-order valence-electron chi connectivity index (χ2n) is 5.94. The van der Waals surface area contributed by atoms with Crippen molar-refractivity contribution in [3.8, 4) is 0 Å². The van der Waals surface area contributed by atoms with Gasteiger partial charge in [-0.3, -0.25) is 9.89 Å². The first-order valence-electron chi connectivity index (χ1n) is 8.39. The first kappa shape index (κ1) is 17.4. The summed E-state index contributed by atoms with van der Waals surface area (Å²) in [5, 5.41) is 0. The zero-order valence-electron chi connectivity index (χ0n) is 13.3. The lowest BCUT2D eigenvalue weighted by molar-refractivity contribution is 0.182. The molecule has 2 N–H and O–H groups in total. The van der Waals surface area contributed by atoms with E-state index < -0.39 is 0 Å². The smallest absolute Gasteiger partial charge is 0.103 e. The standard InChI is InChI=1S/C17H33N3/c1-3-4-5-6-7-8-9-10-11-12-13-17-19-14-15-20(17)16(2)18/h3,14,16-17H,1,4-13,15,18H2,2H3. The molecule has 0 amide bonds. The van der Waals surface area contributed by atoms with Gasteiger partial charge in [0.25, 0.3) is 0 Å². The fourth-order valence-corrected chi connectivity index (χ4v) is 2.82. The van der Waals surface area contributed by atoms with Crippen molar-refractivity contribution < 1.29 is 0 Å². The van der Waals surface area contributed by atoms with Crippen molar-refractivity contribution >= 4 is 6.21 Å². The van der Waals surface area contributed by atoms with Gasteiger partial charge in [0.2, 0.25) is 0 Å². The number of unbranched alkanes of at least 4 members (excludes halogenated alkanes) is 8. The Morgan fingerprint density at radius 1 is 1.20 bits per heavy atom. The van der Waals surface area contributed by atoms with Gasteiger partial charge in [-0.15, -0.1) is 6.58 Å². The highest BCUT2D eigenvalue weighted by molar-refractivity contribution is 5.62. The van der Waals surface area contributed by atoms with Gasteiger partial charge in [-0.1, -0.05) is 44.6 Å². The normalized spacial score (nSPS) is 20.4. The molecule has 2 unspecified atom stereocenters. The lowest BCUT2D eigenvalue weighted by Gasteiger charge is -2.26. The van der Waals surface area contributed by atoms with Crippen LogP contribution in [0.15, 0.2) is 17.6 Å². The highest BCUT2D eigenvalue weighted by Gasteiger charge is 2.22. The summed E-state index contributed by atoms with van der Waals surface area (Å²) in [4.78, 5) is 6.80. The summed E-state index contributed by atoms with van der Waals surface area (Å²) in [5.41, 5.74) is 5.95. The number of aliphatic imine (C=N–C) groups is 1. The quantitative estimate of drug-likeness (QED) is 0.432. The van der Waals surface area contributed by atoms with Crippen molar-refractivity contribution in [1.82, 2.24) is 4.90 Å². The predicted molar refractivity (Wildman–Crippen MR) is 89.0 cm³/mol. The molecule has 0 bridgehead atoms. The third-order valence-electron chi connectivity index (χ3n) is 4.10. The number of rotatable bonds is 12. The molecule has 3 heteroatoms. The Kier molecular flexibility index (Phi) is 9.60. The molecule has 0 aromatic rings. The zero-order valence-corrected chi connectivity index (χ0v) is 13.3. The SMILES string of the molecule is C=CCCCCCCCCCCC1N=CCN1C(C)N. The van der Waals surface area contributed by atoms with Crippen LogP contribution < -0.4 is 5.73 Å². The van der Waals surface area contributed by atoms with E-state index in [0.29, 0.717) is 6.17 Å². The summed E-state index contributed by atoms with van der Waals surface area (Å²) in [5.74, 6) is 0. The molecule has 3 nitrogen and oxygen atoms in total. The van der Waals surface area contributed by atoms with Crippen molar-refractivity contribution in [2.45, 2.75) is 83.5 Å². The Labute approximate surface area is 125 Å². The van der Waals surface area contributed by atoms with Gasteiger partial charge in [-0.05, 0) is 32.6 Å². The molecule has 0 saturated heterocycles. The van der Waals surface area contributed by atoms with Gasteiger partial charge >= 0.3 is 0 Å². The van der Waals surface area contributed by atoms with Crippen LogP contribution in [0, 0.1) is 0 Å². The van der Waals surface area contributed by atoms with Crippen LogP contribution in [-0.2, 0) is 0 Å². The fourth-order valence-electron chi connectivity index (χ4n) is 2.82. The molecular formula is C17H33N3. The van der Waals surface area contributed by atoms with Crippen LogP contribution in [0.4, 0.5) is 0 Å². The maximum atomic E-state index is 5.95. The third-order valence-corrected chi connectivity index (χ3v) is 4.10. The number of allylic oxidation sites excluding steroid dienone is 1. The molecule has 1 aliphatic rings. The van der Waals surface area contributed by atoms with Crippen LogP contribution in [-0.4, -0.2) is 30.0 Å². The molecule has 116 valence electrons. The van der Waals surface area contributed by atoms with E-state index in [1.807, 2.05) is 19.2 Å². The Balaban J connectivity index is 1.89. The Morgan fingerprint density at radius 3 is 2.40 bits per heavy atom. The van der Waals surface area contributed by atoms with Crippen LogP contribution in [0.1, 0.15) is 71.1 Å². The van der Waals surface area contributed by atoms with E-state index in [1.165, 1.54) is 57.8 Å². The molecule has 1 aliphatic heterocycles. The minimum Gasteiger partial charge on any atom is -0.316 e. The van der Waals surface area contributed by atoms with E-state index >= 15 is 0 Å². The third kappa shape index (κ3) is 7.20. The van der Waals surface area contributed by atoms with Gasteiger partial charge in [-0.25, -0.2) is 0 Å². The summed E-state index contributed by atoms with van der Waals surface area (Å²) in [7, 11) is 0. The topological polar surface area (TPSA) is 41.6 Å². The summed E-state index contributed by atoms with van der Waals surface area (Å²) >= 11 is 0. The Morgan fingerprint density at radius 2 is 1.80 bits per heavy atom. The van der Waals surface area contributed by atoms with E-state index in [4.69, 9.17) is 5.73 Å². The summed E-state index contributed by atoms with van der Waals surface area (Å²) in [6, 6.07) is 0. The molecule has 0 aromatic carbocycles. The molecule has 0 radical (unpaired) electrons. The molecule has 1 rings (SSSR count). The fraction of sp³-hybridized carbons (Fsp3) is 0.824. The number of hydrogen-bond donors (Lipinski definition) is 1. The minimum atomic E-state index is 0.123. The van der Waals surface area contributed by atoms with Crippen LogP contribution in [0.2, 0.25) is 0 Å². The molecule has 1 heterocycles. The lowest BCUT2D eigenvalue weighted by Crippen LogP contribution is -2.43. The molecule has 0 spiro atoms. The molecule has 0 aromatic heterocycles. The maximum absolute atomic E-state index is 5.95. The molecule has 0 saturated carbocycles. The highest BCUT2D eigenvalue weighted by atomic mass is 15.3. The highest BCUT2D eigenvalue weighted by Crippen LogP contribution is 2.17. The Hall–Kier alpha value is -0.670. The molecule has 0 aliphatic carbocycles. The molecule has 2 atom stereocenters. The number of hydrogen-bond acceptors (Lipinski definition) is 3. The molecular weight excluding hydrogens is 246 g/mol. The van der Waals surface area contributed by atoms with E-state index in [9.17, 15) is 0 Å². The van der Waals surface area contributed by atoms with Crippen molar-refractivity contribution in [2.75, 3.05) is 6.54 Å². The average molecular weight is 279 g/mol. The largest absolute Gasteiger partial charge is 0.316 e. The van der Waals surface area contributed by atoms with Crippen LogP contribution >= 0.6 is 0 Å². The van der Waals surface area contributed by atoms with Gasteiger partial charge in [0.05, 0.1) is 6.17 Å². The van der Waals surface area contributed by atoms with Crippen LogP contribution in [0.3, 0.4) is 0 Å². The second-order valence-corrected chi connectivity index (χ2v) is 5.94. The van der Waals surface area contributed by atoms with Crippen molar-refractivity contribution in [1.29, 1.82) is 0 Å². The first-order valence-corrected chi connectivity index (χ1v) is 8.39. The molecule has 20 heavy (non-hydrogen) atoms. The van der Waals surface area contributed by atoms with Crippen molar-refractivity contribution in [3.63, 3.8) is 0 Å². The van der Waals surface area contributed by atoms with E-state index in [-0.39, 0.29) is 6.17 Å². The Bertz CT molecular complexity index is 273. The second kappa shape index (κ2) is 11.0. The maximum Gasteiger partial charge on any atom is 0.103 e. The minimum absolute atomic E-state index is 0.123. The van der Waals surface area contributed by atoms with Gasteiger partial charge in [0, 0.05) is 12.8 Å². The van der Waals surface area contributed by atoms with Gasteiger partial charge in [0.1, 0.15) is 6.17 Å². The van der Waals surface area contributed by atoms with Gasteiger partial charge < -0.3 is 5.73 Å². The monoisotopic (exact) mass is 279 g/mol. The zero-order chi connectivity index (χ0) is 14.6. The summed E-state index contributed by atoms with van der Waals surface area (Å²) in [6.45, 7) is 6.73. The average Bonchev–Trinajstić information content (AvgIpc) is 2.89. The van der Waals surface area contributed by atoms with Crippen molar-refractivity contribution in [2.24, 2.45) is 10.7 Å². The van der Waals surface area contributed by atoms with Crippen LogP contribution in [0.25, 0.3) is 0 Å². The van der Waals surface area contributed by atoms with Crippen LogP contribution in [0.5, 0.6) is 0 Å². The van der Waals surface area contributed by atoms with E-state index in [0.717, 1.165) is 13.0 Å². The lowest BCUT2D eigenvalue weighted by atomic mass is 10.1. The number of nitrogens with two attached hydrogens (primary N) is 1. The summed E-state index contributed by atoms with van der Waals surface area (Å²) < 4.78 is 0. The van der Waals surface area contributed by atoms with Gasteiger partial charge in [0.15, 0.2) is 0 Å². The van der Waals surface area contributed by atoms with Gasteiger partial charge in [-0.2, -0.15) is 0 Å². The van der Waals surface area contributed by atoms with E-state index in [1.54, 1.807) is 0 Å². The van der Waals surface area contributed by atoms with E-state index in [2.05, 4.69) is 16.5 Å². The predicted octanol–water partition coefficient (Wildman–Crippen LogP) is 4.09. The number of nitrogens with zero attached hydrogens (tertiary/aromatic N) is 2.